The second kappa shape index (κ2) is 5.57. The van der Waals surface area contributed by atoms with Crippen molar-refractivity contribution in [2.24, 2.45) is 5.92 Å². The zero-order valence-electron chi connectivity index (χ0n) is 11.6. The van der Waals surface area contributed by atoms with E-state index in [4.69, 9.17) is 16.7 Å². The molecule has 2 heterocycles. The van der Waals surface area contributed by atoms with Crippen LogP contribution in [0.15, 0.2) is 18.2 Å². The SMILES string of the molecule is N#Cc1c(Cl)cccc1N1C2CCC1CC(CC(=O)O)C2. The van der Waals surface area contributed by atoms with Crippen molar-refractivity contribution in [3.63, 3.8) is 0 Å². The number of hydrogen-bond acceptors (Lipinski definition) is 3. The number of anilines is 1. The molecule has 2 bridgehead atoms. The number of carbonyl (C=O) groups is 1. The summed E-state index contributed by atoms with van der Waals surface area (Å²) in [5.74, 6) is -0.464. The Hall–Kier alpha value is -1.73. The van der Waals surface area contributed by atoms with Crippen LogP contribution >= 0.6 is 11.6 Å². The molecule has 0 radical (unpaired) electrons. The summed E-state index contributed by atoms with van der Waals surface area (Å²) >= 11 is 6.14. The summed E-state index contributed by atoms with van der Waals surface area (Å²) < 4.78 is 0. The van der Waals surface area contributed by atoms with E-state index in [0.29, 0.717) is 22.7 Å². The molecule has 0 aromatic heterocycles. The second-order valence-corrected chi connectivity index (χ2v) is 6.38. The summed E-state index contributed by atoms with van der Waals surface area (Å²) in [4.78, 5) is 13.2. The van der Waals surface area contributed by atoms with E-state index in [1.807, 2.05) is 12.1 Å². The van der Waals surface area contributed by atoms with Crippen molar-refractivity contribution in [1.29, 1.82) is 5.26 Å². The Balaban J connectivity index is 1.88. The Morgan fingerprint density at radius 3 is 2.62 bits per heavy atom. The molecular weight excluding hydrogens is 288 g/mol. The molecule has 2 fully saturated rings. The number of nitriles is 1. The molecule has 0 spiro atoms. The van der Waals surface area contributed by atoms with Crippen LogP contribution in [0.2, 0.25) is 5.02 Å². The minimum Gasteiger partial charge on any atom is -0.481 e. The van der Waals surface area contributed by atoms with Crippen molar-refractivity contribution in [2.75, 3.05) is 4.90 Å². The lowest BCUT2D eigenvalue weighted by atomic mass is 9.87. The fourth-order valence-corrected chi connectivity index (χ4v) is 4.15. The Morgan fingerprint density at radius 2 is 2.05 bits per heavy atom. The van der Waals surface area contributed by atoms with Gasteiger partial charge in [0.05, 0.1) is 16.3 Å². The Labute approximate surface area is 128 Å². The van der Waals surface area contributed by atoms with E-state index >= 15 is 0 Å². The number of hydrogen-bond donors (Lipinski definition) is 1. The lowest BCUT2D eigenvalue weighted by Gasteiger charge is -2.40. The van der Waals surface area contributed by atoms with E-state index in [1.54, 1.807) is 6.07 Å². The average Bonchev–Trinajstić information content (AvgIpc) is 2.69. The smallest absolute Gasteiger partial charge is 0.303 e. The Bertz CT molecular complexity index is 597. The normalized spacial score (nSPS) is 27.4. The molecule has 0 saturated carbocycles. The molecule has 5 heteroatoms. The lowest BCUT2D eigenvalue weighted by Crippen LogP contribution is -2.43. The number of fused-ring (bicyclic) bond motifs is 2. The van der Waals surface area contributed by atoms with Gasteiger partial charge in [-0.1, -0.05) is 17.7 Å². The first-order valence-corrected chi connectivity index (χ1v) is 7.66. The van der Waals surface area contributed by atoms with Gasteiger partial charge in [0, 0.05) is 18.5 Å². The van der Waals surface area contributed by atoms with Gasteiger partial charge in [0.2, 0.25) is 0 Å². The third-order valence-electron chi connectivity index (χ3n) is 4.68. The summed E-state index contributed by atoms with van der Waals surface area (Å²) in [5.41, 5.74) is 1.44. The molecule has 2 aliphatic rings. The minimum atomic E-state index is -0.715. The van der Waals surface area contributed by atoms with Gasteiger partial charge in [-0.2, -0.15) is 5.26 Å². The van der Waals surface area contributed by atoms with E-state index < -0.39 is 5.97 Å². The largest absolute Gasteiger partial charge is 0.481 e. The maximum atomic E-state index is 10.9. The fourth-order valence-electron chi connectivity index (χ4n) is 3.94. The van der Waals surface area contributed by atoms with Crippen LogP contribution in [-0.2, 0) is 4.79 Å². The maximum Gasteiger partial charge on any atom is 0.303 e. The van der Waals surface area contributed by atoms with Crippen molar-refractivity contribution in [3.8, 4) is 6.07 Å². The molecular formula is C16H17ClN2O2. The highest BCUT2D eigenvalue weighted by Crippen LogP contribution is 2.44. The number of rotatable bonds is 3. The van der Waals surface area contributed by atoms with E-state index in [1.165, 1.54) is 0 Å². The van der Waals surface area contributed by atoms with E-state index in [9.17, 15) is 10.1 Å². The summed E-state index contributed by atoms with van der Waals surface area (Å²) in [6.45, 7) is 0. The number of halogens is 1. The number of aliphatic carboxylic acids is 1. The summed E-state index contributed by atoms with van der Waals surface area (Å²) in [5, 5.41) is 18.8. The number of nitrogens with zero attached hydrogens (tertiary/aromatic N) is 2. The van der Waals surface area contributed by atoms with Gasteiger partial charge >= 0.3 is 5.97 Å². The predicted octanol–water partition coefficient (Wildman–Crippen LogP) is 3.43. The third kappa shape index (κ3) is 2.58. The van der Waals surface area contributed by atoms with Crippen molar-refractivity contribution in [2.45, 2.75) is 44.2 Å². The molecule has 2 atom stereocenters. The van der Waals surface area contributed by atoms with Gasteiger partial charge in [-0.05, 0) is 43.7 Å². The molecule has 1 N–H and O–H groups in total. The van der Waals surface area contributed by atoms with Gasteiger partial charge in [0.25, 0.3) is 0 Å². The van der Waals surface area contributed by atoms with Crippen molar-refractivity contribution >= 4 is 23.3 Å². The highest BCUT2D eigenvalue weighted by atomic mass is 35.5. The lowest BCUT2D eigenvalue weighted by molar-refractivity contribution is -0.138. The van der Waals surface area contributed by atoms with Crippen LogP contribution in [0.25, 0.3) is 0 Å². The van der Waals surface area contributed by atoms with E-state index in [-0.39, 0.29) is 12.3 Å². The average molecular weight is 305 g/mol. The van der Waals surface area contributed by atoms with Crippen LogP contribution < -0.4 is 4.90 Å². The number of piperidine rings is 1. The predicted molar refractivity (Wildman–Crippen MR) is 80.4 cm³/mol. The van der Waals surface area contributed by atoms with Gasteiger partial charge in [-0.3, -0.25) is 4.79 Å². The molecule has 110 valence electrons. The van der Waals surface area contributed by atoms with E-state index in [2.05, 4.69) is 11.0 Å². The molecule has 1 aromatic carbocycles. The molecule has 2 unspecified atom stereocenters. The van der Waals surface area contributed by atoms with Crippen LogP contribution in [0.3, 0.4) is 0 Å². The maximum absolute atomic E-state index is 10.9. The standard InChI is InChI=1S/C16H17ClN2O2/c17-14-2-1-3-15(13(14)9-18)19-11-4-5-12(19)7-10(6-11)8-16(20)21/h1-3,10-12H,4-8H2,(H,20,21). The molecule has 2 saturated heterocycles. The summed E-state index contributed by atoms with van der Waals surface area (Å²) in [6, 6.07) is 8.44. The monoisotopic (exact) mass is 304 g/mol. The van der Waals surface area contributed by atoms with Gasteiger partial charge in [-0.15, -0.1) is 0 Å². The first kappa shape index (κ1) is 14.2. The van der Waals surface area contributed by atoms with Crippen molar-refractivity contribution in [3.05, 3.63) is 28.8 Å². The molecule has 3 rings (SSSR count). The van der Waals surface area contributed by atoms with Crippen molar-refractivity contribution < 1.29 is 9.90 Å². The zero-order chi connectivity index (χ0) is 15.0. The number of benzene rings is 1. The molecule has 2 aliphatic heterocycles. The molecule has 1 aromatic rings. The summed E-state index contributed by atoms with van der Waals surface area (Å²) in [6.07, 6.45) is 4.16. The third-order valence-corrected chi connectivity index (χ3v) is 4.99. The highest BCUT2D eigenvalue weighted by molar-refractivity contribution is 6.32. The first-order chi connectivity index (χ1) is 10.1. The van der Waals surface area contributed by atoms with Crippen LogP contribution in [0.5, 0.6) is 0 Å². The van der Waals surface area contributed by atoms with Gasteiger partial charge in [0.15, 0.2) is 0 Å². The molecule has 21 heavy (non-hydrogen) atoms. The van der Waals surface area contributed by atoms with Crippen LogP contribution in [-0.4, -0.2) is 23.2 Å². The topological polar surface area (TPSA) is 64.3 Å². The van der Waals surface area contributed by atoms with Crippen molar-refractivity contribution in [1.82, 2.24) is 0 Å². The first-order valence-electron chi connectivity index (χ1n) is 7.29. The zero-order valence-corrected chi connectivity index (χ0v) is 12.4. The van der Waals surface area contributed by atoms with Gasteiger partial charge in [0.1, 0.15) is 6.07 Å². The van der Waals surface area contributed by atoms with Crippen LogP contribution in [0.1, 0.15) is 37.7 Å². The second-order valence-electron chi connectivity index (χ2n) is 5.97. The van der Waals surface area contributed by atoms with Crippen LogP contribution in [0, 0.1) is 17.2 Å². The number of carboxylic acids is 1. The Kier molecular flexibility index (Phi) is 3.77. The van der Waals surface area contributed by atoms with Gasteiger partial charge in [-0.25, -0.2) is 0 Å². The molecule has 0 amide bonds. The quantitative estimate of drug-likeness (QED) is 0.929. The van der Waals surface area contributed by atoms with Crippen LogP contribution in [0.4, 0.5) is 5.69 Å². The Morgan fingerprint density at radius 1 is 1.38 bits per heavy atom. The van der Waals surface area contributed by atoms with Gasteiger partial charge < -0.3 is 10.0 Å². The minimum absolute atomic E-state index is 0.251. The molecule has 0 aliphatic carbocycles. The van der Waals surface area contributed by atoms with E-state index in [0.717, 1.165) is 31.4 Å². The fraction of sp³-hybridized carbons (Fsp3) is 0.500. The molecule has 4 nitrogen and oxygen atoms in total. The summed E-state index contributed by atoms with van der Waals surface area (Å²) in [7, 11) is 0. The number of carboxylic acid groups (broad SMARTS) is 1. The highest BCUT2D eigenvalue weighted by Gasteiger charge is 2.42.